The lowest BCUT2D eigenvalue weighted by Crippen LogP contribution is -2.28. The number of anilines is 3. The minimum absolute atomic E-state index is 0.0279. The minimum atomic E-state index is -4.53. The average molecular weight is 459 g/mol. The van der Waals surface area contributed by atoms with Gasteiger partial charge in [0.05, 0.1) is 11.3 Å². The largest absolute Gasteiger partial charge is 0.416 e. The van der Waals surface area contributed by atoms with Crippen molar-refractivity contribution in [1.29, 1.82) is 0 Å². The molecule has 0 saturated carbocycles. The van der Waals surface area contributed by atoms with E-state index in [0.717, 1.165) is 22.0 Å². The Morgan fingerprint density at radius 1 is 0.906 bits per heavy atom. The summed E-state index contributed by atoms with van der Waals surface area (Å²) >= 11 is 4.23. The highest BCUT2D eigenvalue weighted by atomic mass is 32.1. The van der Waals surface area contributed by atoms with Gasteiger partial charge in [-0.2, -0.15) is 13.2 Å². The number of alkyl halides is 3. The van der Waals surface area contributed by atoms with E-state index in [1.54, 1.807) is 36.4 Å². The van der Waals surface area contributed by atoms with Crippen molar-refractivity contribution in [3.63, 3.8) is 0 Å². The molecule has 3 aromatic carbocycles. The maximum Gasteiger partial charge on any atom is 0.416 e. The summed E-state index contributed by atoms with van der Waals surface area (Å²) in [4.78, 5) is 25.3. The van der Waals surface area contributed by atoms with Gasteiger partial charge in [-0.3, -0.25) is 4.79 Å². The van der Waals surface area contributed by atoms with Crippen LogP contribution in [0.25, 0.3) is 0 Å². The molecule has 9 heteroatoms. The van der Waals surface area contributed by atoms with Gasteiger partial charge in [0.15, 0.2) is 0 Å². The maximum atomic E-state index is 12.9. The van der Waals surface area contributed by atoms with Crippen LogP contribution in [-0.2, 0) is 12.6 Å². The van der Waals surface area contributed by atoms with E-state index in [1.807, 2.05) is 13.0 Å². The van der Waals surface area contributed by atoms with Crippen LogP contribution in [0.5, 0.6) is 0 Å². The molecule has 0 radical (unpaired) electrons. The molecular formula is C23H20F3N3O2S. The van der Waals surface area contributed by atoms with Crippen LogP contribution in [0.2, 0.25) is 0 Å². The van der Waals surface area contributed by atoms with E-state index in [2.05, 4.69) is 23.4 Å². The highest BCUT2D eigenvalue weighted by Crippen LogP contribution is 2.31. The molecule has 0 aliphatic rings. The molecule has 0 aliphatic heterocycles. The van der Waals surface area contributed by atoms with Crippen LogP contribution in [-0.4, -0.2) is 11.9 Å². The molecule has 166 valence electrons. The first-order valence-electron chi connectivity index (χ1n) is 9.65. The lowest BCUT2D eigenvalue weighted by atomic mass is 10.1. The third kappa shape index (κ3) is 5.61. The van der Waals surface area contributed by atoms with Gasteiger partial charge in [-0.15, -0.1) is 0 Å². The highest BCUT2D eigenvalue weighted by molar-refractivity contribution is 7.82. The van der Waals surface area contributed by atoms with Crippen molar-refractivity contribution in [3.05, 3.63) is 89.5 Å². The molecule has 0 saturated heterocycles. The van der Waals surface area contributed by atoms with E-state index < -0.39 is 17.8 Å². The van der Waals surface area contributed by atoms with Gasteiger partial charge in [-0.05, 0) is 54.4 Å². The topological polar surface area (TPSA) is 61.4 Å². The van der Waals surface area contributed by atoms with Crippen molar-refractivity contribution in [3.8, 4) is 0 Å². The van der Waals surface area contributed by atoms with Crippen LogP contribution in [0, 0.1) is 0 Å². The second-order valence-corrected chi connectivity index (χ2v) is 7.24. The second kappa shape index (κ2) is 9.78. The summed E-state index contributed by atoms with van der Waals surface area (Å²) in [6.45, 7) is 1.87. The lowest BCUT2D eigenvalue weighted by molar-refractivity contribution is -0.137. The average Bonchev–Trinajstić information content (AvgIpc) is 2.78. The van der Waals surface area contributed by atoms with Crippen LogP contribution >= 0.6 is 12.8 Å². The lowest BCUT2D eigenvalue weighted by Gasteiger charge is -2.21. The Hall–Kier alpha value is -3.46. The van der Waals surface area contributed by atoms with E-state index in [4.69, 9.17) is 0 Å². The van der Waals surface area contributed by atoms with Gasteiger partial charge in [-0.1, -0.05) is 50.1 Å². The standard InChI is InChI=1S/C23H20F3N3O2S/c1-2-15-11-12-16(21(30)27-18-8-4-3-5-9-18)13-20(15)29(32)22(31)28-19-10-6-7-17(14-19)23(24,25)26/h3-14,32H,2H2,1H3,(H,27,30)(H,28,31). The summed E-state index contributed by atoms with van der Waals surface area (Å²) in [6, 6.07) is 17.3. The fraction of sp³-hybridized carbons (Fsp3) is 0.130. The number of nitrogens with one attached hydrogen (secondary N) is 2. The summed E-state index contributed by atoms with van der Waals surface area (Å²) in [6.07, 6.45) is -3.99. The van der Waals surface area contributed by atoms with Gasteiger partial charge >= 0.3 is 12.2 Å². The zero-order valence-corrected chi connectivity index (χ0v) is 17.9. The van der Waals surface area contributed by atoms with Crippen molar-refractivity contribution in [2.75, 3.05) is 14.9 Å². The summed E-state index contributed by atoms with van der Waals surface area (Å²) in [5.74, 6) is -0.375. The minimum Gasteiger partial charge on any atom is -0.322 e. The molecule has 3 aromatic rings. The Morgan fingerprint density at radius 3 is 2.25 bits per heavy atom. The molecule has 0 fully saturated rings. The zero-order valence-electron chi connectivity index (χ0n) is 17.0. The van der Waals surface area contributed by atoms with E-state index in [0.29, 0.717) is 23.4 Å². The van der Waals surface area contributed by atoms with Gasteiger partial charge in [0.25, 0.3) is 5.91 Å². The number of para-hydroxylation sites is 1. The molecule has 5 nitrogen and oxygen atoms in total. The SMILES string of the molecule is CCc1ccc(C(=O)Nc2ccccc2)cc1N(S)C(=O)Nc1cccc(C(F)(F)F)c1. The number of benzene rings is 3. The maximum absolute atomic E-state index is 12.9. The normalized spacial score (nSPS) is 11.0. The van der Waals surface area contributed by atoms with Crippen molar-refractivity contribution < 1.29 is 22.8 Å². The van der Waals surface area contributed by atoms with Gasteiger partial charge in [0, 0.05) is 16.9 Å². The smallest absolute Gasteiger partial charge is 0.322 e. The molecule has 0 bridgehead atoms. The van der Waals surface area contributed by atoms with Crippen molar-refractivity contribution >= 4 is 41.8 Å². The number of hydrogen-bond acceptors (Lipinski definition) is 3. The Balaban J connectivity index is 1.82. The number of carbonyl (C=O) groups excluding carboxylic acids is 2. The number of carbonyl (C=O) groups is 2. The van der Waals surface area contributed by atoms with Crippen molar-refractivity contribution in [1.82, 2.24) is 0 Å². The second-order valence-electron chi connectivity index (χ2n) is 6.84. The van der Waals surface area contributed by atoms with Gasteiger partial charge < -0.3 is 10.6 Å². The van der Waals surface area contributed by atoms with Crippen molar-refractivity contribution in [2.45, 2.75) is 19.5 Å². The van der Waals surface area contributed by atoms with E-state index in [1.165, 1.54) is 18.2 Å². The van der Waals surface area contributed by atoms with E-state index >= 15 is 0 Å². The van der Waals surface area contributed by atoms with Gasteiger partial charge in [0.1, 0.15) is 0 Å². The van der Waals surface area contributed by atoms with Crippen LogP contribution in [0.4, 0.5) is 35.0 Å². The first-order valence-corrected chi connectivity index (χ1v) is 10.1. The van der Waals surface area contributed by atoms with Crippen LogP contribution in [0.1, 0.15) is 28.4 Å². The molecule has 3 amide bonds. The van der Waals surface area contributed by atoms with Crippen molar-refractivity contribution in [2.24, 2.45) is 0 Å². The molecule has 32 heavy (non-hydrogen) atoms. The number of aryl methyl sites for hydroxylation is 1. The third-order valence-electron chi connectivity index (χ3n) is 4.62. The van der Waals surface area contributed by atoms with Crippen LogP contribution < -0.4 is 14.9 Å². The third-order valence-corrected chi connectivity index (χ3v) is 5.02. The number of hydrogen-bond donors (Lipinski definition) is 3. The fourth-order valence-electron chi connectivity index (χ4n) is 2.99. The summed E-state index contributed by atoms with van der Waals surface area (Å²) < 4.78 is 39.8. The number of urea groups is 1. The van der Waals surface area contributed by atoms with Gasteiger partial charge in [-0.25, -0.2) is 9.10 Å². The molecule has 0 aliphatic carbocycles. The number of rotatable bonds is 5. The number of thiol groups is 1. The molecular weight excluding hydrogens is 439 g/mol. The number of nitrogens with zero attached hydrogens (tertiary/aromatic N) is 1. The quantitative estimate of drug-likeness (QED) is 0.387. The Kier molecular flexibility index (Phi) is 7.09. The Bertz CT molecular complexity index is 1120. The fourth-order valence-corrected chi connectivity index (χ4v) is 3.22. The molecule has 0 atom stereocenters. The summed E-state index contributed by atoms with van der Waals surface area (Å²) in [7, 11) is 0. The van der Waals surface area contributed by atoms with Crippen LogP contribution in [0.15, 0.2) is 72.8 Å². The summed E-state index contributed by atoms with van der Waals surface area (Å²) in [5.41, 5.74) is 1.09. The predicted molar refractivity (Wildman–Crippen MR) is 122 cm³/mol. The molecule has 0 unspecified atom stereocenters. The Morgan fingerprint density at radius 2 is 1.59 bits per heavy atom. The molecule has 0 spiro atoms. The first kappa shape index (κ1) is 23.2. The predicted octanol–water partition coefficient (Wildman–Crippen LogP) is 6.40. The van der Waals surface area contributed by atoms with E-state index in [9.17, 15) is 22.8 Å². The molecule has 0 heterocycles. The highest BCUT2D eigenvalue weighted by Gasteiger charge is 2.30. The number of halogens is 3. The Labute approximate surface area is 188 Å². The molecule has 3 rings (SSSR count). The summed E-state index contributed by atoms with van der Waals surface area (Å²) in [5, 5.41) is 5.16. The monoisotopic (exact) mass is 459 g/mol. The van der Waals surface area contributed by atoms with E-state index in [-0.39, 0.29) is 11.6 Å². The first-order chi connectivity index (χ1) is 15.2. The zero-order chi connectivity index (χ0) is 23.3. The number of amides is 3. The van der Waals surface area contributed by atoms with Gasteiger partial charge in [0.2, 0.25) is 0 Å². The van der Waals surface area contributed by atoms with Crippen LogP contribution in [0.3, 0.4) is 0 Å². The molecule has 0 aromatic heterocycles. The molecule has 2 N–H and O–H groups in total.